The maximum absolute atomic E-state index is 12.1. The highest BCUT2D eigenvalue weighted by Gasteiger charge is 2.20. The minimum atomic E-state index is -0.529. The van der Waals surface area contributed by atoms with Crippen LogP contribution in [-0.4, -0.2) is 16.9 Å². The highest BCUT2D eigenvalue weighted by atomic mass is 16.6. The van der Waals surface area contributed by atoms with E-state index in [1.54, 1.807) is 12.1 Å². The first-order valence-electron chi connectivity index (χ1n) is 6.96. The molecule has 0 aliphatic carbocycles. The molecule has 5 nitrogen and oxygen atoms in total. The molecule has 0 radical (unpaired) electrons. The third-order valence-electron chi connectivity index (χ3n) is 3.14. The summed E-state index contributed by atoms with van der Waals surface area (Å²) < 4.78 is 0. The fourth-order valence-electron chi connectivity index (χ4n) is 2.03. The molecule has 1 aromatic carbocycles. The van der Waals surface area contributed by atoms with E-state index in [9.17, 15) is 14.9 Å². The number of hydrogen-bond donors (Lipinski definition) is 1. The number of nitrogens with one attached hydrogen (secondary N) is 1. The number of carbonyl (C=O) groups is 1. The van der Waals surface area contributed by atoms with Crippen LogP contribution < -0.4 is 5.32 Å². The van der Waals surface area contributed by atoms with Gasteiger partial charge in [-0.05, 0) is 25.3 Å². The molecule has 1 atom stereocenters. The average Bonchev–Trinajstić information content (AvgIpc) is 2.38. The van der Waals surface area contributed by atoms with E-state index in [0.717, 1.165) is 19.3 Å². The molecule has 1 aromatic rings. The van der Waals surface area contributed by atoms with Crippen molar-refractivity contribution in [2.24, 2.45) is 5.92 Å². The molecule has 0 saturated heterocycles. The summed E-state index contributed by atoms with van der Waals surface area (Å²) in [6.07, 6.45) is 3.03. The summed E-state index contributed by atoms with van der Waals surface area (Å²) in [6, 6.07) is 6.03. The van der Waals surface area contributed by atoms with E-state index < -0.39 is 4.92 Å². The number of nitro groups is 1. The van der Waals surface area contributed by atoms with E-state index in [1.165, 1.54) is 12.1 Å². The van der Waals surface area contributed by atoms with Gasteiger partial charge in [0.2, 0.25) is 0 Å². The summed E-state index contributed by atoms with van der Waals surface area (Å²) in [7, 11) is 0. The van der Waals surface area contributed by atoms with Gasteiger partial charge in [-0.2, -0.15) is 0 Å². The van der Waals surface area contributed by atoms with Crippen molar-refractivity contribution >= 4 is 11.6 Å². The van der Waals surface area contributed by atoms with Crippen molar-refractivity contribution in [3.63, 3.8) is 0 Å². The lowest BCUT2D eigenvalue weighted by Gasteiger charge is -2.14. The number of benzene rings is 1. The topological polar surface area (TPSA) is 72.2 Å². The van der Waals surface area contributed by atoms with Crippen LogP contribution in [0.3, 0.4) is 0 Å². The van der Waals surface area contributed by atoms with Crippen LogP contribution in [0.25, 0.3) is 0 Å². The Morgan fingerprint density at radius 1 is 1.25 bits per heavy atom. The molecule has 20 heavy (non-hydrogen) atoms. The summed E-state index contributed by atoms with van der Waals surface area (Å²) in [5.74, 6) is 0.266. The van der Waals surface area contributed by atoms with Crippen molar-refractivity contribution in [2.75, 3.05) is 0 Å². The summed E-state index contributed by atoms with van der Waals surface area (Å²) >= 11 is 0. The zero-order valence-electron chi connectivity index (χ0n) is 12.3. The fourth-order valence-corrected chi connectivity index (χ4v) is 2.03. The minimum absolute atomic E-state index is 0.0149. The molecule has 0 aromatic heterocycles. The Bertz CT molecular complexity index is 472. The van der Waals surface area contributed by atoms with Crippen LogP contribution in [-0.2, 0) is 0 Å². The first kappa shape index (κ1) is 16.1. The maximum atomic E-state index is 12.1. The molecule has 1 rings (SSSR count). The first-order chi connectivity index (χ1) is 9.41. The number of rotatable bonds is 7. The lowest BCUT2D eigenvalue weighted by Crippen LogP contribution is -2.32. The number of hydrogen-bond acceptors (Lipinski definition) is 3. The molecule has 0 bridgehead atoms. The molecule has 0 aliphatic rings. The molecule has 0 aliphatic heterocycles. The Kier molecular flexibility index (Phi) is 6.15. The molecule has 0 heterocycles. The van der Waals surface area contributed by atoms with Gasteiger partial charge >= 0.3 is 0 Å². The second-order valence-corrected chi connectivity index (χ2v) is 5.47. The Morgan fingerprint density at radius 3 is 2.50 bits per heavy atom. The Balaban J connectivity index is 2.60. The van der Waals surface area contributed by atoms with E-state index in [-0.39, 0.29) is 23.2 Å². The summed E-state index contributed by atoms with van der Waals surface area (Å²) in [4.78, 5) is 22.4. The van der Waals surface area contributed by atoms with Gasteiger partial charge < -0.3 is 5.32 Å². The highest BCUT2D eigenvalue weighted by molar-refractivity contribution is 5.98. The molecular weight excluding hydrogens is 256 g/mol. The first-order valence-corrected chi connectivity index (χ1v) is 6.96. The van der Waals surface area contributed by atoms with E-state index in [1.807, 2.05) is 6.92 Å². The molecule has 0 fully saturated rings. The average molecular weight is 278 g/mol. The van der Waals surface area contributed by atoms with E-state index in [0.29, 0.717) is 5.92 Å². The fraction of sp³-hybridized carbons (Fsp3) is 0.533. The lowest BCUT2D eigenvalue weighted by molar-refractivity contribution is -0.385. The van der Waals surface area contributed by atoms with Crippen molar-refractivity contribution in [2.45, 2.75) is 46.1 Å². The number of amides is 1. The third-order valence-corrected chi connectivity index (χ3v) is 3.14. The van der Waals surface area contributed by atoms with Crippen LogP contribution in [0.4, 0.5) is 5.69 Å². The van der Waals surface area contributed by atoms with Gasteiger partial charge in [-0.25, -0.2) is 0 Å². The molecule has 0 spiro atoms. The standard InChI is InChI=1S/C15H22N2O3/c1-11(2)7-6-8-12(3)16-15(18)13-9-4-5-10-14(13)17(19)20/h4-5,9-12H,6-8H2,1-3H3,(H,16,18). The largest absolute Gasteiger partial charge is 0.349 e. The smallest absolute Gasteiger partial charge is 0.282 e. The van der Waals surface area contributed by atoms with Crippen LogP contribution >= 0.6 is 0 Å². The van der Waals surface area contributed by atoms with Gasteiger partial charge in [0.1, 0.15) is 5.56 Å². The number of nitro benzene ring substituents is 1. The van der Waals surface area contributed by atoms with Crippen LogP contribution in [0.2, 0.25) is 0 Å². The van der Waals surface area contributed by atoms with Gasteiger partial charge in [0, 0.05) is 12.1 Å². The van der Waals surface area contributed by atoms with Gasteiger partial charge in [-0.15, -0.1) is 0 Å². The molecule has 1 unspecified atom stereocenters. The quantitative estimate of drug-likeness (QED) is 0.612. The Hall–Kier alpha value is -1.91. The monoisotopic (exact) mass is 278 g/mol. The molecule has 110 valence electrons. The summed E-state index contributed by atoms with van der Waals surface area (Å²) in [5.41, 5.74) is -0.0346. The summed E-state index contributed by atoms with van der Waals surface area (Å²) in [6.45, 7) is 6.25. The van der Waals surface area contributed by atoms with Gasteiger partial charge in [0.25, 0.3) is 11.6 Å². The molecule has 1 N–H and O–H groups in total. The Morgan fingerprint density at radius 2 is 1.90 bits per heavy atom. The Labute approximate surface area is 119 Å². The molecule has 1 amide bonds. The lowest BCUT2D eigenvalue weighted by atomic mass is 10.0. The number of para-hydroxylation sites is 1. The highest BCUT2D eigenvalue weighted by Crippen LogP contribution is 2.18. The SMILES string of the molecule is CC(C)CCCC(C)NC(=O)c1ccccc1[N+](=O)[O-]. The number of carbonyl (C=O) groups excluding carboxylic acids is 1. The zero-order chi connectivity index (χ0) is 15.1. The van der Waals surface area contributed by atoms with Crippen molar-refractivity contribution < 1.29 is 9.72 Å². The van der Waals surface area contributed by atoms with Crippen LogP contribution in [0.15, 0.2) is 24.3 Å². The predicted molar refractivity (Wildman–Crippen MR) is 78.7 cm³/mol. The maximum Gasteiger partial charge on any atom is 0.282 e. The van der Waals surface area contributed by atoms with Crippen molar-refractivity contribution in [3.05, 3.63) is 39.9 Å². The summed E-state index contributed by atoms with van der Waals surface area (Å²) in [5, 5.41) is 13.7. The predicted octanol–water partition coefficient (Wildman–Crippen LogP) is 3.54. The molecule has 0 saturated carbocycles. The van der Waals surface area contributed by atoms with E-state index >= 15 is 0 Å². The second-order valence-electron chi connectivity index (χ2n) is 5.47. The van der Waals surface area contributed by atoms with Gasteiger partial charge in [-0.3, -0.25) is 14.9 Å². The molecular formula is C15H22N2O3. The molecule has 5 heteroatoms. The van der Waals surface area contributed by atoms with Gasteiger partial charge in [0.15, 0.2) is 0 Å². The minimum Gasteiger partial charge on any atom is -0.349 e. The van der Waals surface area contributed by atoms with E-state index in [2.05, 4.69) is 19.2 Å². The van der Waals surface area contributed by atoms with Crippen molar-refractivity contribution in [1.82, 2.24) is 5.32 Å². The zero-order valence-corrected chi connectivity index (χ0v) is 12.3. The number of nitrogens with zero attached hydrogens (tertiary/aromatic N) is 1. The van der Waals surface area contributed by atoms with Gasteiger partial charge in [-0.1, -0.05) is 38.8 Å². The second kappa shape index (κ2) is 7.62. The van der Waals surface area contributed by atoms with Gasteiger partial charge in [0.05, 0.1) is 4.92 Å². The normalized spacial score (nSPS) is 12.2. The van der Waals surface area contributed by atoms with Crippen LogP contribution in [0.1, 0.15) is 50.4 Å². The third kappa shape index (κ3) is 4.99. The van der Waals surface area contributed by atoms with E-state index in [4.69, 9.17) is 0 Å². The van der Waals surface area contributed by atoms with Crippen LogP contribution in [0, 0.1) is 16.0 Å². The van der Waals surface area contributed by atoms with Crippen LogP contribution in [0.5, 0.6) is 0 Å². The van der Waals surface area contributed by atoms with Crippen molar-refractivity contribution in [1.29, 1.82) is 0 Å². The van der Waals surface area contributed by atoms with Crippen molar-refractivity contribution in [3.8, 4) is 0 Å².